The topological polar surface area (TPSA) is 84.1 Å². The molecular weight excluding hydrogens is 272 g/mol. The lowest BCUT2D eigenvalue weighted by molar-refractivity contribution is 0.0636. The zero-order valence-electron chi connectivity index (χ0n) is 12.2. The SMILES string of the molecule is CCCC(C)(O)CNc1nc(N)nc2sc(CC)cc12. The lowest BCUT2D eigenvalue weighted by Crippen LogP contribution is -2.33. The Bertz CT molecular complexity index is 594. The van der Waals surface area contributed by atoms with Crippen LogP contribution in [0.25, 0.3) is 10.2 Å². The van der Waals surface area contributed by atoms with Crippen LogP contribution >= 0.6 is 11.3 Å². The van der Waals surface area contributed by atoms with Crippen LogP contribution in [0.15, 0.2) is 6.07 Å². The van der Waals surface area contributed by atoms with E-state index >= 15 is 0 Å². The van der Waals surface area contributed by atoms with E-state index in [0.717, 1.165) is 29.5 Å². The van der Waals surface area contributed by atoms with Crippen LogP contribution in [-0.2, 0) is 6.42 Å². The Kier molecular flexibility index (Phi) is 4.45. The molecule has 0 bridgehead atoms. The molecule has 2 aromatic heterocycles. The van der Waals surface area contributed by atoms with Gasteiger partial charge in [-0.05, 0) is 25.8 Å². The molecule has 2 rings (SSSR count). The average Bonchev–Trinajstić information content (AvgIpc) is 2.78. The molecule has 2 aromatic rings. The fraction of sp³-hybridized carbons (Fsp3) is 0.571. The van der Waals surface area contributed by atoms with Crippen molar-refractivity contribution in [2.75, 3.05) is 17.6 Å². The number of nitrogens with one attached hydrogen (secondary N) is 1. The van der Waals surface area contributed by atoms with Crippen molar-refractivity contribution in [3.05, 3.63) is 10.9 Å². The Morgan fingerprint density at radius 2 is 2.15 bits per heavy atom. The van der Waals surface area contributed by atoms with E-state index in [1.807, 2.05) is 6.92 Å². The number of anilines is 2. The third-order valence-electron chi connectivity index (χ3n) is 3.23. The number of nitrogens with zero attached hydrogens (tertiary/aromatic N) is 2. The number of hydrogen-bond donors (Lipinski definition) is 3. The molecule has 0 amide bonds. The molecule has 2 heterocycles. The zero-order chi connectivity index (χ0) is 14.8. The highest BCUT2D eigenvalue weighted by Crippen LogP contribution is 2.30. The zero-order valence-corrected chi connectivity index (χ0v) is 13.0. The van der Waals surface area contributed by atoms with Crippen LogP contribution in [-0.4, -0.2) is 27.2 Å². The van der Waals surface area contributed by atoms with Gasteiger partial charge in [-0.15, -0.1) is 11.3 Å². The third kappa shape index (κ3) is 3.37. The normalized spacial score (nSPS) is 14.4. The van der Waals surface area contributed by atoms with Gasteiger partial charge < -0.3 is 16.2 Å². The summed E-state index contributed by atoms with van der Waals surface area (Å²) in [5.41, 5.74) is 5.01. The molecule has 0 saturated carbocycles. The maximum atomic E-state index is 10.2. The van der Waals surface area contributed by atoms with Crippen LogP contribution in [0.3, 0.4) is 0 Å². The fourth-order valence-electron chi connectivity index (χ4n) is 2.20. The van der Waals surface area contributed by atoms with E-state index in [0.29, 0.717) is 12.4 Å². The minimum absolute atomic E-state index is 0.264. The van der Waals surface area contributed by atoms with Crippen LogP contribution < -0.4 is 11.1 Å². The van der Waals surface area contributed by atoms with Gasteiger partial charge in [-0.2, -0.15) is 4.98 Å². The molecule has 0 spiro atoms. The molecule has 110 valence electrons. The highest BCUT2D eigenvalue weighted by molar-refractivity contribution is 7.18. The van der Waals surface area contributed by atoms with Gasteiger partial charge in [0.25, 0.3) is 0 Å². The maximum Gasteiger partial charge on any atom is 0.223 e. The predicted molar refractivity (Wildman–Crippen MR) is 85.2 cm³/mol. The summed E-state index contributed by atoms with van der Waals surface area (Å²) in [7, 11) is 0. The van der Waals surface area contributed by atoms with Crippen molar-refractivity contribution in [2.45, 2.75) is 45.6 Å². The molecule has 0 fully saturated rings. The van der Waals surface area contributed by atoms with E-state index in [1.165, 1.54) is 4.88 Å². The molecule has 0 aliphatic heterocycles. The molecular formula is C14H22N4OS. The first kappa shape index (κ1) is 15.0. The second-order valence-electron chi connectivity index (χ2n) is 5.32. The monoisotopic (exact) mass is 294 g/mol. The number of aliphatic hydroxyl groups is 1. The first-order valence-corrected chi connectivity index (χ1v) is 7.79. The average molecular weight is 294 g/mol. The van der Waals surface area contributed by atoms with Crippen LogP contribution in [0.5, 0.6) is 0 Å². The Labute approximate surface area is 123 Å². The summed E-state index contributed by atoms with van der Waals surface area (Å²) in [4.78, 5) is 10.7. The standard InChI is InChI=1S/C14H22N4OS/c1-4-6-14(3,19)8-16-11-10-7-9(5-2)20-12(10)18-13(15)17-11/h7,19H,4-6,8H2,1-3H3,(H3,15,16,17,18). The Morgan fingerprint density at radius 1 is 1.40 bits per heavy atom. The highest BCUT2D eigenvalue weighted by atomic mass is 32.1. The molecule has 1 unspecified atom stereocenters. The number of nitrogen functional groups attached to an aromatic ring is 1. The maximum absolute atomic E-state index is 10.2. The van der Waals surface area contributed by atoms with Crippen LogP contribution in [0.1, 0.15) is 38.5 Å². The smallest absolute Gasteiger partial charge is 0.223 e. The van der Waals surface area contributed by atoms with E-state index in [9.17, 15) is 5.11 Å². The minimum Gasteiger partial charge on any atom is -0.388 e. The summed E-state index contributed by atoms with van der Waals surface area (Å²) in [6.07, 6.45) is 2.65. The molecule has 0 aliphatic rings. The van der Waals surface area contributed by atoms with Gasteiger partial charge in [0.2, 0.25) is 5.95 Å². The largest absolute Gasteiger partial charge is 0.388 e. The summed E-state index contributed by atoms with van der Waals surface area (Å²) in [6.45, 7) is 6.45. The summed E-state index contributed by atoms with van der Waals surface area (Å²) >= 11 is 1.64. The first-order valence-electron chi connectivity index (χ1n) is 6.97. The minimum atomic E-state index is -0.746. The molecule has 5 nitrogen and oxygen atoms in total. The Morgan fingerprint density at radius 3 is 2.80 bits per heavy atom. The van der Waals surface area contributed by atoms with Crippen LogP contribution in [0, 0.1) is 0 Å². The van der Waals surface area contributed by atoms with Crippen molar-refractivity contribution < 1.29 is 5.11 Å². The van der Waals surface area contributed by atoms with Gasteiger partial charge in [0.15, 0.2) is 0 Å². The van der Waals surface area contributed by atoms with Crippen LogP contribution in [0.2, 0.25) is 0 Å². The predicted octanol–water partition coefficient (Wildman–Crippen LogP) is 2.80. The highest BCUT2D eigenvalue weighted by Gasteiger charge is 2.20. The van der Waals surface area contributed by atoms with Gasteiger partial charge >= 0.3 is 0 Å². The molecule has 0 aliphatic carbocycles. The van der Waals surface area contributed by atoms with Crippen molar-refractivity contribution >= 4 is 33.3 Å². The molecule has 0 aromatic carbocycles. The van der Waals surface area contributed by atoms with Crippen molar-refractivity contribution in [2.24, 2.45) is 0 Å². The second-order valence-corrected chi connectivity index (χ2v) is 6.43. The van der Waals surface area contributed by atoms with E-state index in [4.69, 9.17) is 5.73 Å². The van der Waals surface area contributed by atoms with Gasteiger partial charge in [-0.3, -0.25) is 0 Å². The number of aryl methyl sites for hydroxylation is 1. The van der Waals surface area contributed by atoms with Crippen molar-refractivity contribution in [3.8, 4) is 0 Å². The van der Waals surface area contributed by atoms with Gasteiger partial charge in [-0.1, -0.05) is 20.3 Å². The number of thiophene rings is 1. The van der Waals surface area contributed by atoms with Gasteiger partial charge in [0.1, 0.15) is 10.6 Å². The number of fused-ring (bicyclic) bond motifs is 1. The summed E-state index contributed by atoms with van der Waals surface area (Å²) in [5, 5.41) is 14.4. The summed E-state index contributed by atoms with van der Waals surface area (Å²) < 4.78 is 0. The molecule has 0 saturated heterocycles. The summed E-state index contributed by atoms with van der Waals surface area (Å²) in [6, 6.07) is 2.09. The molecule has 6 heteroatoms. The number of aromatic nitrogens is 2. The molecule has 0 radical (unpaired) electrons. The van der Waals surface area contributed by atoms with E-state index in [2.05, 4.69) is 35.2 Å². The van der Waals surface area contributed by atoms with Crippen molar-refractivity contribution in [3.63, 3.8) is 0 Å². The lowest BCUT2D eigenvalue weighted by atomic mass is 10.0. The summed E-state index contributed by atoms with van der Waals surface area (Å²) in [5.74, 6) is 0.972. The Balaban J connectivity index is 2.26. The third-order valence-corrected chi connectivity index (χ3v) is 4.41. The number of nitrogens with two attached hydrogens (primary N) is 1. The van der Waals surface area contributed by atoms with E-state index < -0.39 is 5.60 Å². The fourth-order valence-corrected chi connectivity index (χ4v) is 3.17. The molecule has 4 N–H and O–H groups in total. The molecule has 1 atom stereocenters. The first-order chi connectivity index (χ1) is 9.45. The van der Waals surface area contributed by atoms with Gasteiger partial charge in [-0.25, -0.2) is 4.98 Å². The van der Waals surface area contributed by atoms with E-state index in [-0.39, 0.29) is 5.95 Å². The van der Waals surface area contributed by atoms with Crippen LogP contribution in [0.4, 0.5) is 11.8 Å². The van der Waals surface area contributed by atoms with Crippen molar-refractivity contribution in [1.82, 2.24) is 9.97 Å². The number of rotatable bonds is 6. The van der Waals surface area contributed by atoms with Gasteiger partial charge in [0.05, 0.1) is 11.0 Å². The molecule has 20 heavy (non-hydrogen) atoms. The van der Waals surface area contributed by atoms with Crippen molar-refractivity contribution in [1.29, 1.82) is 0 Å². The number of hydrogen-bond acceptors (Lipinski definition) is 6. The van der Waals surface area contributed by atoms with Gasteiger partial charge in [0, 0.05) is 11.4 Å². The quantitative estimate of drug-likeness (QED) is 0.763. The Hall–Kier alpha value is -1.40. The van der Waals surface area contributed by atoms with E-state index in [1.54, 1.807) is 11.3 Å². The second kappa shape index (κ2) is 5.93. The lowest BCUT2D eigenvalue weighted by Gasteiger charge is -2.23.